The van der Waals surface area contributed by atoms with Crippen molar-refractivity contribution in [2.24, 2.45) is 10.2 Å². The van der Waals surface area contributed by atoms with Crippen molar-refractivity contribution in [3.63, 3.8) is 0 Å². The van der Waals surface area contributed by atoms with Gasteiger partial charge in [-0.25, -0.2) is 0 Å². The first-order valence-corrected chi connectivity index (χ1v) is 10.7. The van der Waals surface area contributed by atoms with Crippen LogP contribution < -0.4 is 15.5 Å². The molecule has 0 bridgehead atoms. The van der Waals surface area contributed by atoms with Gasteiger partial charge in [-0.1, -0.05) is 48.2 Å². The molecule has 2 aromatic rings. The van der Waals surface area contributed by atoms with Crippen LogP contribution in [0.4, 0.5) is 11.4 Å². The quantitative estimate of drug-likeness (QED) is 0.534. The van der Waals surface area contributed by atoms with Gasteiger partial charge < -0.3 is 15.5 Å². The molecule has 0 radical (unpaired) electrons. The minimum atomic E-state index is -0.561. The van der Waals surface area contributed by atoms with E-state index in [0.29, 0.717) is 16.6 Å². The molecule has 1 aliphatic heterocycles. The van der Waals surface area contributed by atoms with Crippen molar-refractivity contribution in [1.82, 2.24) is 5.32 Å². The molecule has 7 nitrogen and oxygen atoms in total. The smallest absolute Gasteiger partial charge is 0.238 e. The topological polar surface area (TPSA) is 86.2 Å². The van der Waals surface area contributed by atoms with Crippen LogP contribution in [0.5, 0.6) is 0 Å². The second kappa shape index (κ2) is 10.6. The summed E-state index contributed by atoms with van der Waals surface area (Å²) in [6, 6.07) is 17.3. The van der Waals surface area contributed by atoms with Crippen LogP contribution in [-0.4, -0.2) is 42.0 Å². The number of para-hydroxylation sites is 1. The number of amides is 2. The molecule has 0 spiro atoms. The number of nitrogens with one attached hydrogen (secondary N) is 2. The van der Waals surface area contributed by atoms with Gasteiger partial charge in [0, 0.05) is 31.9 Å². The maximum Gasteiger partial charge on any atom is 0.238 e. The SMILES string of the molecule is CC(/C=C/c1ccc(N(C)C)cc1)=NN=C1NC(=O)CC(C(=O)Nc2ccccc2)S1. The van der Waals surface area contributed by atoms with Crippen LogP contribution in [-0.2, 0) is 9.59 Å². The van der Waals surface area contributed by atoms with Crippen molar-refractivity contribution in [3.8, 4) is 0 Å². The van der Waals surface area contributed by atoms with Gasteiger partial charge in [0.15, 0.2) is 5.17 Å². The highest BCUT2D eigenvalue weighted by Gasteiger charge is 2.30. The van der Waals surface area contributed by atoms with Crippen LogP contribution >= 0.6 is 11.8 Å². The molecule has 1 saturated heterocycles. The third-order valence-corrected chi connectivity index (χ3v) is 5.50. The molecule has 2 N–H and O–H groups in total. The van der Waals surface area contributed by atoms with Crippen LogP contribution in [0.15, 0.2) is 70.9 Å². The van der Waals surface area contributed by atoms with Crippen molar-refractivity contribution in [2.45, 2.75) is 18.6 Å². The first-order chi connectivity index (χ1) is 14.9. The molecule has 8 heteroatoms. The lowest BCUT2D eigenvalue weighted by Gasteiger charge is -2.21. The maximum atomic E-state index is 12.5. The molecule has 2 aromatic carbocycles. The number of anilines is 2. The summed E-state index contributed by atoms with van der Waals surface area (Å²) >= 11 is 1.19. The molecule has 1 heterocycles. The molecule has 0 saturated carbocycles. The minimum absolute atomic E-state index is 0.0912. The van der Waals surface area contributed by atoms with Crippen molar-refractivity contribution < 1.29 is 9.59 Å². The molecule has 2 amide bonds. The third-order valence-electron chi connectivity index (χ3n) is 4.43. The van der Waals surface area contributed by atoms with Gasteiger partial charge in [0.25, 0.3) is 0 Å². The number of carbonyl (C=O) groups is 2. The Morgan fingerprint density at radius 1 is 1.16 bits per heavy atom. The molecule has 1 unspecified atom stereocenters. The number of allylic oxidation sites excluding steroid dienone is 1. The Morgan fingerprint density at radius 3 is 2.55 bits per heavy atom. The summed E-state index contributed by atoms with van der Waals surface area (Å²) in [5, 5.41) is 13.5. The third kappa shape index (κ3) is 6.82. The second-order valence-electron chi connectivity index (χ2n) is 7.18. The lowest BCUT2D eigenvalue weighted by molar-refractivity contribution is -0.123. The number of amidine groups is 1. The molecule has 1 atom stereocenters. The molecule has 1 fully saturated rings. The van der Waals surface area contributed by atoms with Gasteiger partial charge in [-0.15, -0.1) is 5.10 Å². The molecule has 31 heavy (non-hydrogen) atoms. The van der Waals surface area contributed by atoms with Crippen LogP contribution in [0.3, 0.4) is 0 Å². The van der Waals surface area contributed by atoms with E-state index in [0.717, 1.165) is 11.3 Å². The number of thioether (sulfide) groups is 1. The van der Waals surface area contributed by atoms with Crippen molar-refractivity contribution >= 4 is 51.9 Å². The van der Waals surface area contributed by atoms with E-state index in [1.54, 1.807) is 12.1 Å². The Kier molecular flexibility index (Phi) is 7.61. The predicted octanol–water partition coefficient (Wildman–Crippen LogP) is 3.76. The minimum Gasteiger partial charge on any atom is -0.378 e. The molecule has 3 rings (SSSR count). The largest absolute Gasteiger partial charge is 0.378 e. The Labute approximate surface area is 186 Å². The van der Waals surface area contributed by atoms with Gasteiger partial charge in [-0.05, 0) is 42.8 Å². The van der Waals surface area contributed by atoms with Gasteiger partial charge in [0.1, 0.15) is 5.25 Å². The lowest BCUT2D eigenvalue weighted by Crippen LogP contribution is -2.41. The van der Waals surface area contributed by atoms with E-state index in [2.05, 4.69) is 20.8 Å². The Bertz CT molecular complexity index is 1010. The lowest BCUT2D eigenvalue weighted by atomic mass is 10.2. The maximum absolute atomic E-state index is 12.5. The fourth-order valence-electron chi connectivity index (χ4n) is 2.74. The van der Waals surface area contributed by atoms with Gasteiger partial charge in [-0.2, -0.15) is 5.10 Å². The number of nitrogens with zero attached hydrogens (tertiary/aromatic N) is 3. The van der Waals surface area contributed by atoms with Gasteiger partial charge >= 0.3 is 0 Å². The molecule has 0 aromatic heterocycles. The summed E-state index contributed by atoms with van der Waals surface area (Å²) in [6.45, 7) is 1.82. The molecular weight excluding hydrogens is 410 g/mol. The second-order valence-corrected chi connectivity index (χ2v) is 8.37. The fourth-order valence-corrected chi connectivity index (χ4v) is 3.67. The number of hydrogen-bond acceptors (Lipinski definition) is 6. The van der Waals surface area contributed by atoms with Crippen LogP contribution in [0.1, 0.15) is 18.9 Å². The first-order valence-electron chi connectivity index (χ1n) is 9.81. The van der Waals surface area contributed by atoms with E-state index in [4.69, 9.17) is 0 Å². The number of benzene rings is 2. The summed E-state index contributed by atoms with van der Waals surface area (Å²) in [5.74, 6) is -0.490. The van der Waals surface area contributed by atoms with Crippen molar-refractivity contribution in [1.29, 1.82) is 0 Å². The highest BCUT2D eigenvalue weighted by molar-refractivity contribution is 8.15. The summed E-state index contributed by atoms with van der Waals surface area (Å²) in [5.41, 5.74) is 3.54. The van der Waals surface area contributed by atoms with E-state index in [1.807, 2.05) is 80.5 Å². The van der Waals surface area contributed by atoms with Gasteiger partial charge in [0.05, 0.1) is 5.71 Å². The Morgan fingerprint density at radius 2 is 1.87 bits per heavy atom. The van der Waals surface area contributed by atoms with Crippen molar-refractivity contribution in [3.05, 3.63) is 66.2 Å². The first kappa shape index (κ1) is 22.3. The van der Waals surface area contributed by atoms with Crippen LogP contribution in [0.25, 0.3) is 6.08 Å². The highest BCUT2D eigenvalue weighted by Crippen LogP contribution is 2.22. The van der Waals surface area contributed by atoms with E-state index < -0.39 is 5.25 Å². The Hall–Kier alpha value is -3.39. The average molecular weight is 436 g/mol. The summed E-state index contributed by atoms with van der Waals surface area (Å²) in [4.78, 5) is 26.6. The van der Waals surface area contributed by atoms with Crippen molar-refractivity contribution in [2.75, 3.05) is 24.3 Å². The van der Waals surface area contributed by atoms with Gasteiger partial charge in [-0.3, -0.25) is 9.59 Å². The Balaban J connectivity index is 1.62. The monoisotopic (exact) mass is 435 g/mol. The van der Waals surface area contributed by atoms with Crippen LogP contribution in [0.2, 0.25) is 0 Å². The number of hydrogen-bond donors (Lipinski definition) is 2. The number of rotatable bonds is 6. The fraction of sp³-hybridized carbons (Fsp3) is 0.217. The molecule has 0 aliphatic carbocycles. The summed E-state index contributed by atoms with van der Waals surface area (Å²) in [6.07, 6.45) is 3.89. The molecule has 1 aliphatic rings. The summed E-state index contributed by atoms with van der Waals surface area (Å²) in [7, 11) is 4.00. The van der Waals surface area contributed by atoms with E-state index in [-0.39, 0.29) is 18.2 Å². The van der Waals surface area contributed by atoms with Gasteiger partial charge in [0.2, 0.25) is 11.8 Å². The zero-order valence-corrected chi connectivity index (χ0v) is 18.5. The average Bonchev–Trinajstić information content (AvgIpc) is 2.77. The summed E-state index contributed by atoms with van der Waals surface area (Å²) < 4.78 is 0. The standard InChI is InChI=1S/C23H25N5O2S/c1-16(9-10-17-11-13-19(14-12-17)28(2)3)26-27-23-25-21(29)15-20(31-23)22(30)24-18-7-5-4-6-8-18/h4-14,20H,15H2,1-3H3,(H,24,30)(H,25,27,29)/b10-9+,26-16?. The van der Waals surface area contributed by atoms with Crippen LogP contribution in [0, 0.1) is 0 Å². The van der Waals surface area contributed by atoms with E-state index in [1.165, 1.54) is 11.8 Å². The van der Waals surface area contributed by atoms with E-state index >= 15 is 0 Å². The highest BCUT2D eigenvalue weighted by atomic mass is 32.2. The zero-order chi connectivity index (χ0) is 22.2. The normalized spacial score (nSPS) is 18.2. The zero-order valence-electron chi connectivity index (χ0n) is 17.7. The predicted molar refractivity (Wildman–Crippen MR) is 130 cm³/mol. The molecular formula is C23H25N5O2S. The number of carbonyl (C=O) groups excluding carboxylic acids is 2. The molecule has 160 valence electrons. The van der Waals surface area contributed by atoms with E-state index in [9.17, 15) is 9.59 Å².